The van der Waals surface area contributed by atoms with Gasteiger partial charge in [-0.2, -0.15) is 0 Å². The Morgan fingerprint density at radius 2 is 1.80 bits per heavy atom. The molecule has 3 N–H and O–H groups in total. The van der Waals surface area contributed by atoms with E-state index in [9.17, 15) is 13.6 Å². The third kappa shape index (κ3) is 4.79. The summed E-state index contributed by atoms with van der Waals surface area (Å²) in [7, 11) is 0. The zero-order valence-corrected chi connectivity index (χ0v) is 17.7. The van der Waals surface area contributed by atoms with Gasteiger partial charge in [-0.05, 0) is 58.0 Å². The van der Waals surface area contributed by atoms with Gasteiger partial charge in [0.1, 0.15) is 11.6 Å². The molecule has 1 heterocycles. The molecule has 0 saturated heterocycles. The average Bonchev–Trinajstić information content (AvgIpc) is 3.00. The number of carbonyl (C=O) groups is 1. The number of benzene rings is 2. The molecule has 2 aromatic rings. The maximum atomic E-state index is 14.5. The second-order valence-corrected chi connectivity index (χ2v) is 7.87. The second kappa shape index (κ2) is 9.26. The van der Waals surface area contributed by atoms with Crippen LogP contribution in [0.15, 0.2) is 42.6 Å². The van der Waals surface area contributed by atoms with E-state index in [0.29, 0.717) is 35.7 Å². The van der Waals surface area contributed by atoms with Gasteiger partial charge in [0.25, 0.3) is 5.91 Å². The molecule has 30 heavy (non-hydrogen) atoms. The number of hydrogen-bond donors (Lipinski definition) is 3. The van der Waals surface area contributed by atoms with Crippen molar-refractivity contribution in [3.8, 4) is 0 Å². The van der Waals surface area contributed by atoms with Gasteiger partial charge in [-0.1, -0.05) is 6.07 Å². The lowest BCUT2D eigenvalue weighted by atomic mass is 10.1. The van der Waals surface area contributed by atoms with Crippen LogP contribution in [0.3, 0.4) is 0 Å². The van der Waals surface area contributed by atoms with Crippen molar-refractivity contribution in [3.63, 3.8) is 0 Å². The number of halogens is 2. The van der Waals surface area contributed by atoms with Crippen LogP contribution in [0.1, 0.15) is 33.3 Å². The Morgan fingerprint density at radius 1 is 1.07 bits per heavy atom. The third-order valence-corrected chi connectivity index (χ3v) is 5.14. The molecular weight excluding hydrogens is 386 g/mol. The number of fused-ring (bicyclic) bond motifs is 1. The smallest absolute Gasteiger partial charge is 0.257 e. The van der Waals surface area contributed by atoms with Gasteiger partial charge < -0.3 is 16.0 Å². The minimum Gasteiger partial charge on any atom is -0.381 e. The van der Waals surface area contributed by atoms with E-state index in [1.807, 2.05) is 0 Å². The Morgan fingerprint density at radius 3 is 2.47 bits per heavy atom. The first kappa shape index (κ1) is 21.8. The van der Waals surface area contributed by atoms with Gasteiger partial charge in [0, 0.05) is 42.6 Å². The van der Waals surface area contributed by atoms with Crippen molar-refractivity contribution in [2.24, 2.45) is 0 Å². The Kier molecular flexibility index (Phi) is 6.72. The van der Waals surface area contributed by atoms with E-state index >= 15 is 0 Å². The molecule has 0 aliphatic carbocycles. The fourth-order valence-electron chi connectivity index (χ4n) is 3.68. The van der Waals surface area contributed by atoms with Gasteiger partial charge >= 0.3 is 0 Å². The highest BCUT2D eigenvalue weighted by Gasteiger charge is 2.27. The van der Waals surface area contributed by atoms with Gasteiger partial charge in [-0.25, -0.2) is 8.78 Å². The summed E-state index contributed by atoms with van der Waals surface area (Å²) < 4.78 is 28.6. The number of rotatable bonds is 8. The lowest BCUT2D eigenvalue weighted by Gasteiger charge is -2.30. The zero-order valence-electron chi connectivity index (χ0n) is 17.7. The molecule has 1 aliphatic heterocycles. The van der Waals surface area contributed by atoms with Crippen LogP contribution in [0.2, 0.25) is 0 Å². The number of nitrogens with one attached hydrogen (secondary N) is 3. The van der Waals surface area contributed by atoms with E-state index in [-0.39, 0.29) is 11.1 Å². The fraction of sp³-hybridized carbons (Fsp3) is 0.348. The van der Waals surface area contributed by atoms with Crippen LogP contribution in [0.25, 0.3) is 5.57 Å². The van der Waals surface area contributed by atoms with E-state index in [2.05, 4.69) is 48.5 Å². The third-order valence-electron chi connectivity index (χ3n) is 5.14. The Labute approximate surface area is 176 Å². The molecule has 0 aromatic heterocycles. The molecule has 2 aromatic carbocycles. The van der Waals surface area contributed by atoms with Crippen LogP contribution in [-0.4, -0.2) is 36.0 Å². The van der Waals surface area contributed by atoms with Crippen molar-refractivity contribution in [2.75, 3.05) is 29.0 Å². The van der Waals surface area contributed by atoms with Gasteiger partial charge in [-0.3, -0.25) is 9.69 Å². The number of nitrogens with zero attached hydrogens (tertiary/aromatic N) is 1. The van der Waals surface area contributed by atoms with Crippen molar-refractivity contribution in [3.05, 3.63) is 59.8 Å². The lowest BCUT2D eigenvalue weighted by molar-refractivity contribution is -0.110. The summed E-state index contributed by atoms with van der Waals surface area (Å²) in [6, 6.07) is 10.0. The maximum absolute atomic E-state index is 14.5. The van der Waals surface area contributed by atoms with Crippen LogP contribution >= 0.6 is 0 Å². The highest BCUT2D eigenvalue weighted by molar-refractivity contribution is 6.31. The Balaban J connectivity index is 1.65. The Hall–Kier alpha value is -2.93. The van der Waals surface area contributed by atoms with E-state index in [0.717, 1.165) is 6.54 Å². The average molecular weight is 415 g/mol. The summed E-state index contributed by atoms with van der Waals surface area (Å²) >= 11 is 0. The standard InChI is InChI=1S/C23H28F2N4O/c1-14(2)29(15(3)4)11-10-26-20-9-8-16(12-19(20)25)27-13-17-22-18(24)6-5-7-21(22)28-23(17)30/h5-9,12-15,26-27H,10-11H2,1-4H3,(H,28,30). The first-order valence-electron chi connectivity index (χ1n) is 10.1. The molecule has 5 nitrogen and oxygen atoms in total. The van der Waals surface area contributed by atoms with Crippen LogP contribution in [-0.2, 0) is 4.79 Å². The van der Waals surface area contributed by atoms with E-state index in [1.54, 1.807) is 18.2 Å². The molecule has 0 spiro atoms. The predicted octanol–water partition coefficient (Wildman–Crippen LogP) is 4.90. The van der Waals surface area contributed by atoms with Crippen molar-refractivity contribution in [2.45, 2.75) is 39.8 Å². The van der Waals surface area contributed by atoms with Crippen molar-refractivity contribution >= 4 is 28.5 Å². The van der Waals surface area contributed by atoms with Crippen LogP contribution in [0, 0.1) is 11.6 Å². The van der Waals surface area contributed by atoms with Crippen LogP contribution in [0.4, 0.5) is 25.8 Å². The van der Waals surface area contributed by atoms with Gasteiger partial charge in [-0.15, -0.1) is 0 Å². The number of anilines is 3. The summed E-state index contributed by atoms with van der Waals surface area (Å²) in [4.78, 5) is 14.5. The zero-order chi connectivity index (χ0) is 21.8. The SMILES string of the molecule is CC(C)N(CCNc1ccc(NC=C2C(=O)Nc3cccc(F)c32)cc1F)C(C)C. The number of carbonyl (C=O) groups excluding carboxylic acids is 1. The molecule has 0 fully saturated rings. The molecule has 0 unspecified atom stereocenters. The Bertz CT molecular complexity index is 948. The molecule has 1 amide bonds. The van der Waals surface area contributed by atoms with Crippen molar-refractivity contribution in [1.29, 1.82) is 0 Å². The maximum Gasteiger partial charge on any atom is 0.257 e. The molecule has 1 aliphatic rings. The second-order valence-electron chi connectivity index (χ2n) is 7.87. The van der Waals surface area contributed by atoms with Crippen LogP contribution in [0.5, 0.6) is 0 Å². The first-order chi connectivity index (χ1) is 14.3. The molecule has 160 valence electrons. The van der Waals surface area contributed by atoms with Crippen LogP contribution < -0.4 is 16.0 Å². The summed E-state index contributed by atoms with van der Waals surface area (Å²) in [5, 5.41) is 8.64. The topological polar surface area (TPSA) is 56.4 Å². The van der Waals surface area contributed by atoms with Crippen molar-refractivity contribution < 1.29 is 13.6 Å². The molecule has 0 saturated carbocycles. The summed E-state index contributed by atoms with van der Waals surface area (Å²) in [5.41, 5.74) is 1.70. The quantitative estimate of drug-likeness (QED) is 0.538. The minimum atomic E-state index is -0.485. The fourth-order valence-corrected chi connectivity index (χ4v) is 3.68. The van der Waals surface area contributed by atoms with E-state index in [4.69, 9.17) is 0 Å². The van der Waals surface area contributed by atoms with Gasteiger partial charge in [0.05, 0.1) is 16.9 Å². The molecule has 0 bridgehead atoms. The highest BCUT2D eigenvalue weighted by Crippen LogP contribution is 2.33. The summed E-state index contributed by atoms with van der Waals surface area (Å²) in [5.74, 6) is -1.29. The van der Waals surface area contributed by atoms with Gasteiger partial charge in [0.2, 0.25) is 0 Å². The monoisotopic (exact) mass is 414 g/mol. The lowest BCUT2D eigenvalue weighted by Crippen LogP contribution is -2.40. The molecule has 7 heteroatoms. The molecule has 3 rings (SSSR count). The highest BCUT2D eigenvalue weighted by atomic mass is 19.1. The summed E-state index contributed by atoms with van der Waals surface area (Å²) in [6.45, 7) is 10.0. The van der Waals surface area contributed by atoms with Crippen molar-refractivity contribution in [1.82, 2.24) is 4.90 Å². The largest absolute Gasteiger partial charge is 0.381 e. The molecule has 0 atom stereocenters. The van der Waals surface area contributed by atoms with E-state index < -0.39 is 17.5 Å². The van der Waals surface area contributed by atoms with Gasteiger partial charge in [0.15, 0.2) is 0 Å². The number of amides is 1. The summed E-state index contributed by atoms with van der Waals surface area (Å²) in [6.07, 6.45) is 1.40. The van der Waals surface area contributed by atoms with E-state index in [1.165, 1.54) is 24.4 Å². The normalized spacial score (nSPS) is 14.6. The number of hydrogen-bond acceptors (Lipinski definition) is 4. The first-order valence-corrected chi connectivity index (χ1v) is 10.1. The molecule has 0 radical (unpaired) electrons. The molecular formula is C23H28F2N4O. The minimum absolute atomic E-state index is 0.174. The predicted molar refractivity (Wildman–Crippen MR) is 118 cm³/mol.